The van der Waals surface area contributed by atoms with Gasteiger partial charge in [0.1, 0.15) is 5.52 Å². The second-order valence-corrected chi connectivity index (χ2v) is 10.1. The Morgan fingerprint density at radius 1 is 1.25 bits per heavy atom. The van der Waals surface area contributed by atoms with E-state index in [1.807, 2.05) is 29.7 Å². The third-order valence-electron chi connectivity index (χ3n) is 6.37. The quantitative estimate of drug-likeness (QED) is 0.511. The number of nitrogens with one attached hydrogen (secondary N) is 2. The van der Waals surface area contributed by atoms with E-state index in [0.29, 0.717) is 43.1 Å². The van der Waals surface area contributed by atoms with Crippen molar-refractivity contribution in [3.05, 3.63) is 35.7 Å². The van der Waals surface area contributed by atoms with Crippen LogP contribution in [0.25, 0.3) is 22.6 Å². The number of imidazole rings is 1. The van der Waals surface area contributed by atoms with E-state index in [4.69, 9.17) is 9.97 Å². The van der Waals surface area contributed by atoms with E-state index in [-0.39, 0.29) is 6.04 Å². The third kappa shape index (κ3) is 3.54. The predicted octanol–water partition coefficient (Wildman–Crippen LogP) is 1.44. The highest BCUT2D eigenvalue weighted by molar-refractivity contribution is 7.87. The summed E-state index contributed by atoms with van der Waals surface area (Å²) < 4.78 is 30.1. The zero-order chi connectivity index (χ0) is 22.5. The van der Waals surface area contributed by atoms with Crippen LogP contribution in [0, 0.1) is 0 Å². The van der Waals surface area contributed by atoms with Crippen molar-refractivity contribution in [2.45, 2.75) is 44.9 Å². The van der Waals surface area contributed by atoms with Gasteiger partial charge in [0.2, 0.25) is 0 Å². The van der Waals surface area contributed by atoms with E-state index in [1.165, 1.54) is 11.4 Å². The number of aliphatic hydroxyl groups excluding tert-OH is 1. The highest BCUT2D eigenvalue weighted by Gasteiger charge is 2.31. The number of hydrogen-bond acceptors (Lipinski definition) is 7. The Kier molecular flexibility index (Phi) is 5.36. The summed E-state index contributed by atoms with van der Waals surface area (Å²) in [4.78, 5) is 14.2. The first-order valence-corrected chi connectivity index (χ1v) is 12.3. The third-order valence-corrected chi connectivity index (χ3v) is 7.90. The number of nitrogens with zero attached hydrogens (tertiary/aromatic N) is 5. The lowest BCUT2D eigenvalue weighted by molar-refractivity contribution is 0.180. The molecule has 1 aliphatic carbocycles. The molecule has 0 saturated carbocycles. The molecule has 0 amide bonds. The molecule has 3 heterocycles. The molecule has 5 rings (SSSR count). The average Bonchev–Trinajstić information content (AvgIpc) is 3.52. The van der Waals surface area contributed by atoms with Gasteiger partial charge in [0.05, 0.1) is 12.4 Å². The van der Waals surface area contributed by atoms with E-state index in [1.54, 1.807) is 6.33 Å². The number of fused-ring (bicyclic) bond motifs is 2. The molecule has 0 bridgehead atoms. The Balaban J connectivity index is 1.55. The lowest BCUT2D eigenvalue weighted by atomic mass is 10.0. The summed E-state index contributed by atoms with van der Waals surface area (Å²) in [5, 5.41) is 13.7. The lowest BCUT2D eigenvalue weighted by Gasteiger charge is -2.17. The van der Waals surface area contributed by atoms with Gasteiger partial charge in [-0.3, -0.25) is 0 Å². The van der Waals surface area contributed by atoms with E-state index in [0.717, 1.165) is 35.3 Å². The second-order valence-electron chi connectivity index (χ2n) is 8.22. The van der Waals surface area contributed by atoms with Crippen molar-refractivity contribution in [3.8, 4) is 11.4 Å². The summed E-state index contributed by atoms with van der Waals surface area (Å²) in [6, 6.07) is 5.79. The molecular formula is C21H27N7O3S. The first-order chi connectivity index (χ1) is 15.4. The van der Waals surface area contributed by atoms with Crippen molar-refractivity contribution in [1.29, 1.82) is 0 Å². The van der Waals surface area contributed by atoms with Crippen LogP contribution >= 0.6 is 0 Å². The Morgan fingerprint density at radius 2 is 2.09 bits per heavy atom. The predicted molar refractivity (Wildman–Crippen MR) is 121 cm³/mol. The number of anilines is 1. The topological polar surface area (TPSA) is 125 Å². The molecule has 1 aliphatic heterocycles. The van der Waals surface area contributed by atoms with Gasteiger partial charge in [0.15, 0.2) is 17.3 Å². The lowest BCUT2D eigenvalue weighted by Crippen LogP contribution is -2.38. The van der Waals surface area contributed by atoms with Crippen molar-refractivity contribution in [2.75, 3.05) is 25.5 Å². The second kappa shape index (κ2) is 8.07. The number of aryl methyl sites for hydroxylation is 1. The molecule has 170 valence electrons. The molecule has 1 aromatic carbocycles. The standard InChI is InChI=1S/C21H27N7O3S/c1-3-27-12-23-18-20(24-13-9-10-28(11-13)32(30,31)22-2)25-19(26-21(18)27)16-6-4-5-15-14(16)7-8-17(15)29/h4-6,12-13,17,22,29H,3,7-11H2,1-2H3,(H,24,25,26)/t13-,17+/m0/s1. The van der Waals surface area contributed by atoms with Gasteiger partial charge >= 0.3 is 0 Å². The van der Waals surface area contributed by atoms with Crippen LogP contribution in [0.15, 0.2) is 24.5 Å². The van der Waals surface area contributed by atoms with Crippen LogP contribution in [-0.2, 0) is 23.2 Å². The fourth-order valence-corrected chi connectivity index (χ4v) is 5.61. The van der Waals surface area contributed by atoms with Gasteiger partial charge in [-0.15, -0.1) is 0 Å². The fourth-order valence-electron chi connectivity index (χ4n) is 4.63. The maximum Gasteiger partial charge on any atom is 0.279 e. The van der Waals surface area contributed by atoms with Gasteiger partial charge in [-0.05, 0) is 37.3 Å². The smallest absolute Gasteiger partial charge is 0.279 e. The summed E-state index contributed by atoms with van der Waals surface area (Å²) in [7, 11) is -2.04. The van der Waals surface area contributed by atoms with Crippen molar-refractivity contribution in [2.24, 2.45) is 0 Å². The summed E-state index contributed by atoms with van der Waals surface area (Å²) in [5.74, 6) is 1.18. The van der Waals surface area contributed by atoms with Crippen LogP contribution in [0.3, 0.4) is 0 Å². The van der Waals surface area contributed by atoms with Gasteiger partial charge in [0, 0.05) is 38.3 Å². The largest absolute Gasteiger partial charge is 0.388 e. The molecule has 2 aliphatic rings. The molecule has 2 atom stereocenters. The molecular weight excluding hydrogens is 430 g/mol. The minimum absolute atomic E-state index is 0.0841. The van der Waals surface area contributed by atoms with Crippen molar-refractivity contribution >= 4 is 27.2 Å². The first kappa shape index (κ1) is 21.3. The highest BCUT2D eigenvalue weighted by Crippen LogP contribution is 2.37. The molecule has 32 heavy (non-hydrogen) atoms. The van der Waals surface area contributed by atoms with Gasteiger partial charge in [-0.2, -0.15) is 12.7 Å². The number of benzene rings is 1. The monoisotopic (exact) mass is 457 g/mol. The Hall–Kier alpha value is -2.60. The van der Waals surface area contributed by atoms with Crippen molar-refractivity contribution in [1.82, 2.24) is 28.5 Å². The van der Waals surface area contributed by atoms with Gasteiger partial charge in [0.25, 0.3) is 10.2 Å². The van der Waals surface area contributed by atoms with Crippen LogP contribution in [0.4, 0.5) is 5.82 Å². The number of aromatic nitrogens is 4. The molecule has 3 aromatic rings. The van der Waals surface area contributed by atoms with Gasteiger partial charge in [-0.25, -0.2) is 19.7 Å². The molecule has 0 radical (unpaired) electrons. The van der Waals surface area contributed by atoms with Crippen LogP contribution < -0.4 is 10.0 Å². The summed E-state index contributed by atoms with van der Waals surface area (Å²) in [6.45, 7) is 3.54. The van der Waals surface area contributed by atoms with Crippen LogP contribution in [0.1, 0.15) is 37.0 Å². The zero-order valence-corrected chi connectivity index (χ0v) is 18.9. The maximum absolute atomic E-state index is 12.2. The minimum atomic E-state index is -3.46. The average molecular weight is 458 g/mol. The van der Waals surface area contributed by atoms with Crippen molar-refractivity contribution in [3.63, 3.8) is 0 Å². The van der Waals surface area contributed by atoms with Crippen LogP contribution in [0.2, 0.25) is 0 Å². The van der Waals surface area contributed by atoms with E-state index >= 15 is 0 Å². The van der Waals surface area contributed by atoms with E-state index in [9.17, 15) is 13.5 Å². The Bertz CT molecular complexity index is 1270. The summed E-state index contributed by atoms with van der Waals surface area (Å²) in [6.07, 6.45) is 3.45. The summed E-state index contributed by atoms with van der Waals surface area (Å²) >= 11 is 0. The summed E-state index contributed by atoms with van der Waals surface area (Å²) in [5.41, 5.74) is 4.33. The van der Waals surface area contributed by atoms with Gasteiger partial charge in [-0.1, -0.05) is 18.2 Å². The molecule has 11 heteroatoms. The normalized spacial score (nSPS) is 21.3. The maximum atomic E-state index is 12.2. The van der Waals surface area contributed by atoms with Crippen molar-refractivity contribution < 1.29 is 13.5 Å². The molecule has 0 spiro atoms. The molecule has 0 unspecified atom stereocenters. The van der Waals surface area contributed by atoms with Gasteiger partial charge < -0.3 is 15.0 Å². The van der Waals surface area contributed by atoms with Crippen LogP contribution in [-0.4, -0.2) is 63.5 Å². The Labute approximate surface area is 186 Å². The highest BCUT2D eigenvalue weighted by atomic mass is 32.2. The molecule has 1 saturated heterocycles. The van der Waals surface area contributed by atoms with Crippen LogP contribution in [0.5, 0.6) is 0 Å². The first-order valence-electron chi connectivity index (χ1n) is 10.9. The number of hydrogen-bond donors (Lipinski definition) is 3. The number of aliphatic hydroxyl groups is 1. The van der Waals surface area contributed by atoms with E-state index in [2.05, 4.69) is 15.0 Å². The number of rotatable bonds is 6. The molecule has 1 fully saturated rings. The molecule has 10 nitrogen and oxygen atoms in total. The minimum Gasteiger partial charge on any atom is -0.388 e. The zero-order valence-electron chi connectivity index (χ0n) is 18.1. The fraction of sp³-hybridized carbons (Fsp3) is 0.476. The SMILES string of the molecule is CCn1cnc2c(N[C@H]3CCN(S(=O)(=O)NC)C3)nc(-c3cccc4c3CC[C@H]4O)nc21. The molecule has 3 N–H and O–H groups in total. The van der Waals surface area contributed by atoms with E-state index < -0.39 is 16.3 Å². The Morgan fingerprint density at radius 3 is 2.88 bits per heavy atom. The molecule has 2 aromatic heterocycles.